The lowest BCUT2D eigenvalue weighted by molar-refractivity contribution is 0.369. The Morgan fingerprint density at radius 3 is 3.04 bits per heavy atom. The summed E-state index contributed by atoms with van der Waals surface area (Å²) in [6.45, 7) is 0.168. The number of benzene rings is 1. The number of hydrogen-bond acceptors (Lipinski definition) is 6. The summed E-state index contributed by atoms with van der Waals surface area (Å²) in [5.74, 6) is 0.859. The number of rotatable bonds is 3. The Labute approximate surface area is 139 Å². The lowest BCUT2D eigenvalue weighted by atomic mass is 10.2. The van der Waals surface area contributed by atoms with Crippen molar-refractivity contribution in [3.8, 4) is 11.4 Å². The average Bonchev–Trinajstić information content (AvgIpc) is 3.21. The van der Waals surface area contributed by atoms with Crippen molar-refractivity contribution >= 4 is 33.8 Å². The predicted molar refractivity (Wildman–Crippen MR) is 87.7 cm³/mol. The van der Waals surface area contributed by atoms with Gasteiger partial charge < -0.3 is 4.52 Å². The van der Waals surface area contributed by atoms with Gasteiger partial charge in [0.2, 0.25) is 11.7 Å². The zero-order chi connectivity index (χ0) is 15.8. The third kappa shape index (κ3) is 2.64. The SMILES string of the molecule is O=c1c2ccc(Cl)cc2ncn1Cc1nc(-c2ccsc2)no1. The molecule has 0 N–H and O–H groups in total. The molecule has 0 spiro atoms. The smallest absolute Gasteiger partial charge is 0.261 e. The van der Waals surface area contributed by atoms with Crippen LogP contribution in [0.15, 0.2) is 50.7 Å². The van der Waals surface area contributed by atoms with E-state index in [2.05, 4.69) is 15.1 Å². The summed E-state index contributed by atoms with van der Waals surface area (Å²) in [6, 6.07) is 6.89. The lowest BCUT2D eigenvalue weighted by Gasteiger charge is -2.03. The van der Waals surface area contributed by atoms with Gasteiger partial charge in [-0.3, -0.25) is 9.36 Å². The van der Waals surface area contributed by atoms with Crippen molar-refractivity contribution in [3.05, 3.63) is 62.6 Å². The molecule has 23 heavy (non-hydrogen) atoms. The van der Waals surface area contributed by atoms with Gasteiger partial charge in [-0.25, -0.2) is 4.98 Å². The average molecular weight is 345 g/mol. The highest BCUT2D eigenvalue weighted by Crippen LogP contribution is 2.19. The molecule has 6 nitrogen and oxygen atoms in total. The van der Waals surface area contributed by atoms with Gasteiger partial charge in [-0.15, -0.1) is 0 Å². The van der Waals surface area contributed by atoms with Crippen LogP contribution in [0, 0.1) is 0 Å². The van der Waals surface area contributed by atoms with Crippen LogP contribution in [0.4, 0.5) is 0 Å². The molecule has 8 heteroatoms. The van der Waals surface area contributed by atoms with Crippen LogP contribution in [-0.4, -0.2) is 19.7 Å². The highest BCUT2D eigenvalue weighted by atomic mass is 35.5. The van der Waals surface area contributed by atoms with Gasteiger partial charge in [0.05, 0.1) is 17.2 Å². The quantitative estimate of drug-likeness (QED) is 0.570. The van der Waals surface area contributed by atoms with Crippen molar-refractivity contribution in [1.29, 1.82) is 0 Å². The number of aromatic nitrogens is 4. The largest absolute Gasteiger partial charge is 0.337 e. The summed E-state index contributed by atoms with van der Waals surface area (Å²) < 4.78 is 6.65. The van der Waals surface area contributed by atoms with Crippen molar-refractivity contribution in [2.75, 3.05) is 0 Å². The van der Waals surface area contributed by atoms with Gasteiger partial charge in [0.1, 0.15) is 6.54 Å². The molecule has 0 aliphatic carbocycles. The number of hydrogen-bond donors (Lipinski definition) is 0. The van der Waals surface area contributed by atoms with Crippen LogP contribution in [0.2, 0.25) is 5.02 Å². The molecule has 0 aliphatic heterocycles. The summed E-state index contributed by atoms with van der Waals surface area (Å²) in [5.41, 5.74) is 1.27. The molecule has 0 unspecified atom stereocenters. The molecular weight excluding hydrogens is 336 g/mol. The van der Waals surface area contributed by atoms with E-state index in [1.807, 2.05) is 16.8 Å². The molecule has 0 aliphatic rings. The van der Waals surface area contributed by atoms with E-state index in [0.717, 1.165) is 5.56 Å². The van der Waals surface area contributed by atoms with Crippen molar-refractivity contribution in [2.24, 2.45) is 0 Å². The van der Waals surface area contributed by atoms with Crippen LogP contribution >= 0.6 is 22.9 Å². The van der Waals surface area contributed by atoms with E-state index in [0.29, 0.717) is 27.6 Å². The third-order valence-electron chi connectivity index (χ3n) is 3.34. The second kappa shape index (κ2) is 5.60. The maximum atomic E-state index is 12.5. The number of halogens is 1. The van der Waals surface area contributed by atoms with E-state index < -0.39 is 0 Å². The van der Waals surface area contributed by atoms with Crippen molar-refractivity contribution in [1.82, 2.24) is 19.7 Å². The van der Waals surface area contributed by atoms with E-state index in [1.165, 1.54) is 10.9 Å². The lowest BCUT2D eigenvalue weighted by Crippen LogP contribution is -2.21. The molecule has 114 valence electrons. The van der Waals surface area contributed by atoms with Gasteiger partial charge in [0, 0.05) is 16.0 Å². The summed E-state index contributed by atoms with van der Waals surface area (Å²) >= 11 is 7.47. The van der Waals surface area contributed by atoms with Crippen molar-refractivity contribution in [2.45, 2.75) is 6.54 Å². The Morgan fingerprint density at radius 1 is 1.30 bits per heavy atom. The summed E-state index contributed by atoms with van der Waals surface area (Å²) in [5, 5.41) is 8.83. The minimum absolute atomic E-state index is 0.168. The van der Waals surface area contributed by atoms with E-state index in [1.54, 1.807) is 29.5 Å². The Bertz CT molecular complexity index is 1040. The maximum Gasteiger partial charge on any atom is 0.261 e. The standard InChI is InChI=1S/C15H9ClN4O2S/c16-10-1-2-11-12(5-10)17-8-20(15(11)21)6-13-18-14(19-22-13)9-3-4-23-7-9/h1-5,7-8H,6H2. The first kappa shape index (κ1) is 14.1. The van der Waals surface area contributed by atoms with Gasteiger partial charge in [-0.1, -0.05) is 16.8 Å². The molecule has 3 heterocycles. The Balaban J connectivity index is 1.69. The fourth-order valence-electron chi connectivity index (χ4n) is 2.22. The molecule has 4 aromatic rings. The van der Waals surface area contributed by atoms with Crippen LogP contribution in [0.3, 0.4) is 0 Å². The first-order valence-electron chi connectivity index (χ1n) is 6.70. The molecule has 0 saturated heterocycles. The molecule has 0 radical (unpaired) electrons. The minimum Gasteiger partial charge on any atom is -0.337 e. The van der Waals surface area contributed by atoms with Crippen molar-refractivity contribution in [3.63, 3.8) is 0 Å². The molecular formula is C15H9ClN4O2S. The predicted octanol–water partition coefficient (Wildman–Crippen LogP) is 3.21. The summed E-state index contributed by atoms with van der Waals surface area (Å²) in [4.78, 5) is 21.0. The van der Waals surface area contributed by atoms with Gasteiger partial charge in [0.25, 0.3) is 5.56 Å². The Hall–Kier alpha value is -2.51. The molecule has 0 atom stereocenters. The van der Waals surface area contributed by atoms with Crippen LogP contribution in [0.25, 0.3) is 22.3 Å². The van der Waals surface area contributed by atoms with Crippen LogP contribution in [0.1, 0.15) is 5.89 Å². The number of thiophene rings is 1. The van der Waals surface area contributed by atoms with Crippen LogP contribution in [0.5, 0.6) is 0 Å². The van der Waals surface area contributed by atoms with E-state index >= 15 is 0 Å². The highest BCUT2D eigenvalue weighted by molar-refractivity contribution is 7.08. The molecule has 0 saturated carbocycles. The molecule has 1 aromatic carbocycles. The summed E-state index contributed by atoms with van der Waals surface area (Å²) in [6.07, 6.45) is 1.45. The molecule has 0 fully saturated rings. The zero-order valence-corrected chi connectivity index (χ0v) is 13.2. The van der Waals surface area contributed by atoms with Crippen LogP contribution < -0.4 is 5.56 Å². The molecule has 0 bridgehead atoms. The van der Waals surface area contributed by atoms with Gasteiger partial charge in [-0.2, -0.15) is 16.3 Å². The topological polar surface area (TPSA) is 73.8 Å². The number of nitrogens with zero attached hydrogens (tertiary/aromatic N) is 4. The second-order valence-electron chi connectivity index (χ2n) is 4.86. The third-order valence-corrected chi connectivity index (χ3v) is 4.26. The highest BCUT2D eigenvalue weighted by Gasteiger charge is 2.11. The second-order valence-corrected chi connectivity index (χ2v) is 6.08. The van der Waals surface area contributed by atoms with E-state index in [9.17, 15) is 4.79 Å². The first-order valence-corrected chi connectivity index (χ1v) is 8.02. The van der Waals surface area contributed by atoms with Crippen molar-refractivity contribution < 1.29 is 4.52 Å². The van der Waals surface area contributed by atoms with Gasteiger partial charge >= 0.3 is 0 Å². The fraction of sp³-hybridized carbons (Fsp3) is 0.0667. The molecule has 4 rings (SSSR count). The fourth-order valence-corrected chi connectivity index (χ4v) is 3.02. The molecule has 0 amide bonds. The van der Waals surface area contributed by atoms with Gasteiger partial charge in [0.15, 0.2) is 0 Å². The zero-order valence-electron chi connectivity index (χ0n) is 11.6. The van der Waals surface area contributed by atoms with E-state index in [4.69, 9.17) is 16.1 Å². The summed E-state index contributed by atoms with van der Waals surface area (Å²) in [7, 11) is 0. The first-order chi connectivity index (χ1) is 11.2. The van der Waals surface area contributed by atoms with Crippen LogP contribution in [-0.2, 0) is 6.54 Å². The Morgan fingerprint density at radius 2 is 2.22 bits per heavy atom. The molecule has 3 aromatic heterocycles. The van der Waals surface area contributed by atoms with E-state index in [-0.39, 0.29) is 12.1 Å². The van der Waals surface area contributed by atoms with Gasteiger partial charge in [-0.05, 0) is 29.6 Å². The minimum atomic E-state index is -0.179. The monoisotopic (exact) mass is 344 g/mol. The Kier molecular flexibility index (Phi) is 3.44. The normalized spacial score (nSPS) is 11.2. The maximum absolute atomic E-state index is 12.5. The number of fused-ring (bicyclic) bond motifs is 1.